The molecule has 0 saturated carbocycles. The van der Waals surface area contributed by atoms with Crippen LogP contribution in [0.4, 0.5) is 0 Å². The van der Waals surface area contributed by atoms with Gasteiger partial charge in [-0.25, -0.2) is 0 Å². The maximum Gasteiger partial charge on any atom is 0.255 e. The number of hydrogen-bond donors (Lipinski definition) is 5. The van der Waals surface area contributed by atoms with E-state index in [1.807, 2.05) is 0 Å². The van der Waals surface area contributed by atoms with Crippen molar-refractivity contribution < 1.29 is 39.6 Å². The molecule has 3 aliphatic carbocycles. The summed E-state index contributed by atoms with van der Waals surface area (Å²) in [5.74, 6) is -6.67. The monoisotopic (exact) mass is 487 g/mol. The number of amides is 1. The fraction of sp³-hybridized carbons (Fsp3) is 0.458. The van der Waals surface area contributed by atoms with Crippen LogP contribution in [-0.4, -0.2) is 87.8 Å². The van der Waals surface area contributed by atoms with Gasteiger partial charge in [-0.15, -0.1) is 0 Å². The molecular weight excluding hydrogens is 458 g/mol. The van der Waals surface area contributed by atoms with Crippen LogP contribution in [0.25, 0.3) is 0 Å². The molecule has 11 nitrogen and oxygen atoms in total. The number of benzene rings is 1. The third kappa shape index (κ3) is 3.46. The van der Waals surface area contributed by atoms with E-state index in [-0.39, 0.29) is 29.7 Å². The number of rotatable bonds is 5. The molecule has 4 rings (SSSR count). The van der Waals surface area contributed by atoms with Crippen LogP contribution >= 0.6 is 0 Å². The molecule has 2 unspecified atom stereocenters. The van der Waals surface area contributed by atoms with Crippen LogP contribution in [0.1, 0.15) is 27.9 Å². The molecule has 35 heavy (non-hydrogen) atoms. The summed E-state index contributed by atoms with van der Waals surface area (Å²) in [4.78, 5) is 45.6. The Kier molecular flexibility index (Phi) is 6.00. The number of fused-ring (bicyclic) bond motifs is 3. The summed E-state index contributed by atoms with van der Waals surface area (Å²) in [5, 5.41) is 45.7. The maximum atomic E-state index is 13.6. The smallest absolute Gasteiger partial charge is 0.255 e. The van der Waals surface area contributed by atoms with Gasteiger partial charge < -0.3 is 31.0 Å². The lowest BCUT2D eigenvalue weighted by atomic mass is 9.58. The van der Waals surface area contributed by atoms with E-state index in [0.29, 0.717) is 12.1 Å². The number of aliphatic hydroxyl groups is 3. The largest absolute Gasteiger partial charge is 0.510 e. The van der Waals surface area contributed by atoms with E-state index in [1.165, 1.54) is 18.1 Å². The minimum atomic E-state index is -2.64. The normalized spacial score (nSPS) is 28.4. The van der Waals surface area contributed by atoms with E-state index in [9.17, 15) is 34.8 Å². The van der Waals surface area contributed by atoms with E-state index in [0.717, 1.165) is 5.56 Å². The molecule has 188 valence electrons. The molecule has 6 N–H and O–H groups in total. The van der Waals surface area contributed by atoms with Crippen LogP contribution in [0.3, 0.4) is 0 Å². The predicted molar refractivity (Wildman–Crippen MR) is 122 cm³/mol. The predicted octanol–water partition coefficient (Wildman–Crippen LogP) is 0.114. The van der Waals surface area contributed by atoms with Gasteiger partial charge in [0.15, 0.2) is 11.4 Å². The van der Waals surface area contributed by atoms with Crippen LogP contribution in [0.15, 0.2) is 34.8 Å². The van der Waals surface area contributed by atoms with Gasteiger partial charge in [-0.05, 0) is 50.0 Å². The zero-order valence-electron chi connectivity index (χ0n) is 19.9. The Morgan fingerprint density at radius 3 is 2.43 bits per heavy atom. The second-order valence-electron chi connectivity index (χ2n) is 9.53. The number of ketones is 2. The first-order valence-corrected chi connectivity index (χ1v) is 11.1. The first-order valence-electron chi connectivity index (χ1n) is 11.1. The van der Waals surface area contributed by atoms with Gasteiger partial charge in [0.1, 0.15) is 22.8 Å². The maximum absolute atomic E-state index is 13.6. The minimum Gasteiger partial charge on any atom is -0.510 e. The number of carbonyl (C=O) groups is 3. The molecule has 0 aliphatic heterocycles. The molecule has 1 aromatic carbocycles. The summed E-state index contributed by atoms with van der Waals surface area (Å²) < 4.78 is 0. The topological polar surface area (TPSA) is 174 Å². The average molecular weight is 488 g/mol. The van der Waals surface area contributed by atoms with Crippen molar-refractivity contribution in [3.63, 3.8) is 0 Å². The first kappa shape index (κ1) is 24.9. The number of Topliss-reactive ketones (excluding diaryl/α,β-unsaturated/α-hetero) is 2. The van der Waals surface area contributed by atoms with Gasteiger partial charge in [0.2, 0.25) is 5.78 Å². The number of hydrogen-bond acceptors (Lipinski definition) is 10. The second-order valence-corrected chi connectivity index (χ2v) is 9.53. The number of phenolic OH excluding ortho intramolecular Hbond substituents is 1. The van der Waals surface area contributed by atoms with Crippen molar-refractivity contribution in [3.05, 3.63) is 51.5 Å². The van der Waals surface area contributed by atoms with Gasteiger partial charge in [-0.2, -0.15) is 5.06 Å². The highest BCUT2D eigenvalue weighted by molar-refractivity contribution is 6.24. The highest BCUT2D eigenvalue weighted by Crippen LogP contribution is 2.52. The third-order valence-corrected chi connectivity index (χ3v) is 7.41. The zero-order chi connectivity index (χ0) is 26.0. The second kappa shape index (κ2) is 8.45. The number of primary amides is 1. The molecule has 0 aromatic heterocycles. The summed E-state index contributed by atoms with van der Waals surface area (Å²) in [5.41, 5.74) is 2.96. The summed E-state index contributed by atoms with van der Waals surface area (Å²) in [7, 11) is 6.39. The van der Waals surface area contributed by atoms with Crippen molar-refractivity contribution in [2.45, 2.75) is 31.0 Å². The van der Waals surface area contributed by atoms with Crippen molar-refractivity contribution in [2.24, 2.45) is 17.6 Å². The van der Waals surface area contributed by atoms with E-state index in [2.05, 4.69) is 0 Å². The van der Waals surface area contributed by atoms with Crippen molar-refractivity contribution in [3.8, 4) is 5.75 Å². The summed E-state index contributed by atoms with van der Waals surface area (Å²) in [6, 6.07) is 2.03. The Labute approximate surface area is 201 Å². The Balaban J connectivity index is 1.92. The molecule has 11 heteroatoms. The molecule has 3 aliphatic rings. The Morgan fingerprint density at radius 2 is 1.86 bits per heavy atom. The molecule has 0 heterocycles. The Hall–Kier alpha value is -3.25. The number of likely N-dealkylation sites (N-methyl/N-ethyl adjacent to an activating group) is 1. The molecule has 0 fully saturated rings. The molecular formula is C24H29N3O8. The third-order valence-electron chi connectivity index (χ3n) is 7.41. The number of aromatic hydroxyl groups is 1. The number of nitrogens with zero attached hydrogens (tertiary/aromatic N) is 2. The Bertz CT molecular complexity index is 1200. The van der Waals surface area contributed by atoms with Crippen LogP contribution in [-0.2, 0) is 27.4 Å². The van der Waals surface area contributed by atoms with E-state index < -0.39 is 58.0 Å². The fourth-order valence-electron chi connectivity index (χ4n) is 5.77. The molecule has 1 amide bonds. The quantitative estimate of drug-likeness (QED) is 0.283. The van der Waals surface area contributed by atoms with Crippen LogP contribution in [0, 0.1) is 11.8 Å². The van der Waals surface area contributed by atoms with Crippen molar-refractivity contribution in [1.29, 1.82) is 0 Å². The summed E-state index contributed by atoms with van der Waals surface area (Å²) in [6.45, 7) is 0.321. The lowest BCUT2D eigenvalue weighted by Gasteiger charge is -2.50. The van der Waals surface area contributed by atoms with Crippen LogP contribution in [0.5, 0.6) is 5.75 Å². The van der Waals surface area contributed by atoms with E-state index in [4.69, 9.17) is 10.6 Å². The van der Waals surface area contributed by atoms with Crippen LogP contribution in [0.2, 0.25) is 0 Å². The van der Waals surface area contributed by atoms with Crippen molar-refractivity contribution in [1.82, 2.24) is 9.96 Å². The number of nitrogens with two attached hydrogens (primary N) is 1. The van der Waals surface area contributed by atoms with Crippen molar-refractivity contribution >= 4 is 17.5 Å². The first-order chi connectivity index (χ1) is 16.4. The molecule has 1 aromatic rings. The molecule has 4 atom stereocenters. The number of hydroxylamine groups is 2. The van der Waals surface area contributed by atoms with E-state index in [1.54, 1.807) is 32.3 Å². The summed E-state index contributed by atoms with van der Waals surface area (Å²) >= 11 is 0. The van der Waals surface area contributed by atoms with Gasteiger partial charge in [-0.1, -0.05) is 6.07 Å². The number of carbonyl (C=O) groups excluding carboxylic acids is 3. The molecule has 0 spiro atoms. The number of phenols is 1. The van der Waals surface area contributed by atoms with Gasteiger partial charge >= 0.3 is 0 Å². The van der Waals surface area contributed by atoms with Gasteiger partial charge in [0.25, 0.3) is 5.91 Å². The molecule has 0 radical (unpaired) electrons. The standard InChI is InChI=1S/C24H29N3O8/c1-26(2)18-13-8-11-7-12-10(9-27(3)35-4)5-6-14(28)16(12)19(29)15(11)21(31)24(13,34)22(32)17(20(18)30)23(25)33/h5-6,11,13,18,28,30-31,34H,7-9H2,1-4H3,(H2,25,33)/t11?,13?,18-,24-/m0/s1. The summed E-state index contributed by atoms with van der Waals surface area (Å²) in [6.07, 6.45) is 0.275. The minimum absolute atomic E-state index is 0.0206. The van der Waals surface area contributed by atoms with Crippen LogP contribution < -0.4 is 5.73 Å². The molecule has 0 bridgehead atoms. The van der Waals surface area contributed by atoms with Crippen molar-refractivity contribution in [2.75, 3.05) is 28.3 Å². The zero-order valence-corrected chi connectivity index (χ0v) is 19.9. The fourth-order valence-corrected chi connectivity index (χ4v) is 5.77. The van der Waals surface area contributed by atoms with E-state index >= 15 is 0 Å². The average Bonchev–Trinajstić information content (AvgIpc) is 2.77. The van der Waals surface area contributed by atoms with Gasteiger partial charge in [-0.3, -0.25) is 19.3 Å². The number of allylic oxidation sites excluding steroid dienone is 1. The van der Waals surface area contributed by atoms with Gasteiger partial charge in [0.05, 0.1) is 18.7 Å². The lowest BCUT2D eigenvalue weighted by molar-refractivity contribution is -0.148. The lowest BCUT2D eigenvalue weighted by Crippen LogP contribution is -2.63. The molecule has 0 saturated heterocycles. The number of aliphatic hydroxyl groups excluding tert-OH is 2. The van der Waals surface area contributed by atoms with Gasteiger partial charge in [0, 0.05) is 25.1 Å². The Morgan fingerprint density at radius 1 is 1.20 bits per heavy atom. The SMILES string of the molecule is CON(C)Cc1ccc(O)c2c1CC1CC3[C@H](N(C)C)C(O)=C(C(N)=O)C(=O)[C@@]3(O)C(O)=C1C2=O. The highest BCUT2D eigenvalue weighted by Gasteiger charge is 2.63. The highest BCUT2D eigenvalue weighted by atomic mass is 16.7.